The molecule has 0 atom stereocenters. The van der Waals surface area contributed by atoms with Crippen LogP contribution >= 0.6 is 0 Å². The molecular formula is C7H8O2. The van der Waals surface area contributed by atoms with Gasteiger partial charge in [-0.3, -0.25) is 0 Å². The fourth-order valence-electron chi connectivity index (χ4n) is 0.210. The third-order valence-corrected chi connectivity index (χ3v) is 0.566. The van der Waals surface area contributed by atoms with E-state index in [9.17, 15) is 4.79 Å². The lowest BCUT2D eigenvalue weighted by atomic mass is 10.6. The molecule has 2 heteroatoms. The van der Waals surface area contributed by atoms with E-state index in [-0.39, 0.29) is 0 Å². The Balaban J connectivity index is 3.49. The molecule has 0 N–H and O–H groups in total. The van der Waals surface area contributed by atoms with Crippen LogP contribution in [0.15, 0.2) is 37.6 Å². The Morgan fingerprint density at radius 3 is 2.56 bits per heavy atom. The van der Waals surface area contributed by atoms with Crippen LogP contribution in [0.25, 0.3) is 0 Å². The summed E-state index contributed by atoms with van der Waals surface area (Å²) in [5, 5.41) is 0. The fourth-order valence-corrected chi connectivity index (χ4v) is 0.210. The van der Waals surface area contributed by atoms with Gasteiger partial charge in [0.2, 0.25) is 0 Å². The van der Waals surface area contributed by atoms with Gasteiger partial charge >= 0.3 is 5.97 Å². The molecule has 0 unspecified atom stereocenters. The minimum Gasteiger partial charge on any atom is -0.431 e. The van der Waals surface area contributed by atoms with Crippen molar-refractivity contribution < 1.29 is 9.53 Å². The maximum absolute atomic E-state index is 10.3. The molecule has 0 aliphatic rings. The van der Waals surface area contributed by atoms with E-state index in [2.05, 4.69) is 17.9 Å². The summed E-state index contributed by atoms with van der Waals surface area (Å²) in [6.07, 6.45) is 5.36. The van der Waals surface area contributed by atoms with Gasteiger partial charge in [-0.2, -0.15) is 0 Å². The molecule has 48 valence electrons. The molecule has 0 bridgehead atoms. The molecule has 0 aliphatic carbocycles. The smallest absolute Gasteiger partial charge is 0.334 e. The van der Waals surface area contributed by atoms with Crippen molar-refractivity contribution in [2.24, 2.45) is 0 Å². The Morgan fingerprint density at radius 1 is 1.44 bits per heavy atom. The van der Waals surface area contributed by atoms with Crippen molar-refractivity contribution >= 4 is 5.97 Å². The van der Waals surface area contributed by atoms with Crippen LogP contribution in [0.3, 0.4) is 0 Å². The predicted octanol–water partition coefficient (Wildman–Crippen LogP) is 1.42. The molecular weight excluding hydrogens is 116 g/mol. The van der Waals surface area contributed by atoms with E-state index in [1.54, 1.807) is 0 Å². The van der Waals surface area contributed by atoms with Crippen LogP contribution in [0.2, 0.25) is 0 Å². The maximum Gasteiger partial charge on any atom is 0.334 e. The summed E-state index contributed by atoms with van der Waals surface area (Å²) in [7, 11) is 0. The van der Waals surface area contributed by atoms with Gasteiger partial charge in [0.15, 0.2) is 0 Å². The van der Waals surface area contributed by atoms with E-state index in [4.69, 9.17) is 0 Å². The molecule has 0 aromatic rings. The van der Waals surface area contributed by atoms with E-state index < -0.39 is 5.97 Å². The molecule has 0 aliphatic heterocycles. The van der Waals surface area contributed by atoms with Crippen molar-refractivity contribution in [3.63, 3.8) is 0 Å². The third kappa shape index (κ3) is 4.55. The Hall–Kier alpha value is -1.31. The molecule has 0 saturated carbocycles. The minimum atomic E-state index is -0.465. The van der Waals surface area contributed by atoms with Crippen LogP contribution in [0.5, 0.6) is 0 Å². The average Bonchev–Trinajstić information content (AvgIpc) is 1.89. The van der Waals surface area contributed by atoms with E-state index in [0.717, 1.165) is 6.08 Å². The van der Waals surface area contributed by atoms with Crippen molar-refractivity contribution in [1.82, 2.24) is 0 Å². The summed E-state index contributed by atoms with van der Waals surface area (Å²) in [5.74, 6) is -0.465. The Bertz CT molecular complexity index is 145. The summed E-state index contributed by atoms with van der Waals surface area (Å²) < 4.78 is 4.42. The zero-order chi connectivity index (χ0) is 7.11. The van der Waals surface area contributed by atoms with Gasteiger partial charge in [0.25, 0.3) is 0 Å². The van der Waals surface area contributed by atoms with E-state index >= 15 is 0 Å². The van der Waals surface area contributed by atoms with Crippen LogP contribution in [0.1, 0.15) is 0 Å². The van der Waals surface area contributed by atoms with Crippen molar-refractivity contribution in [1.29, 1.82) is 0 Å². The summed E-state index contributed by atoms with van der Waals surface area (Å²) in [6, 6.07) is 0. The Morgan fingerprint density at radius 2 is 2.11 bits per heavy atom. The van der Waals surface area contributed by atoms with Gasteiger partial charge in [-0.25, -0.2) is 4.79 Å². The van der Waals surface area contributed by atoms with Crippen LogP contribution in [-0.4, -0.2) is 5.97 Å². The molecule has 2 nitrogen and oxygen atoms in total. The number of carbonyl (C=O) groups is 1. The van der Waals surface area contributed by atoms with Gasteiger partial charge in [-0.15, -0.1) is 0 Å². The zero-order valence-electron chi connectivity index (χ0n) is 5.04. The highest BCUT2D eigenvalue weighted by molar-refractivity contribution is 5.81. The number of hydrogen-bond acceptors (Lipinski definition) is 2. The summed E-state index contributed by atoms with van der Waals surface area (Å²) in [5.41, 5.74) is 0. The van der Waals surface area contributed by atoms with Crippen LogP contribution < -0.4 is 0 Å². The van der Waals surface area contributed by atoms with E-state index in [1.807, 2.05) is 0 Å². The maximum atomic E-state index is 10.3. The zero-order valence-corrected chi connectivity index (χ0v) is 5.04. The molecule has 0 rings (SSSR count). The number of esters is 1. The molecule has 0 fully saturated rings. The summed E-state index contributed by atoms with van der Waals surface area (Å²) in [4.78, 5) is 10.3. The average molecular weight is 124 g/mol. The van der Waals surface area contributed by atoms with Gasteiger partial charge in [-0.1, -0.05) is 19.2 Å². The number of carbonyl (C=O) groups excluding carboxylic acids is 1. The lowest BCUT2D eigenvalue weighted by molar-refractivity contribution is -0.132. The monoisotopic (exact) mass is 124 g/mol. The second-order valence-corrected chi connectivity index (χ2v) is 1.21. The van der Waals surface area contributed by atoms with Gasteiger partial charge < -0.3 is 4.74 Å². The van der Waals surface area contributed by atoms with Crippen molar-refractivity contribution in [2.75, 3.05) is 0 Å². The first-order chi connectivity index (χ1) is 4.31. The Labute approximate surface area is 54.1 Å². The van der Waals surface area contributed by atoms with Crippen molar-refractivity contribution in [2.45, 2.75) is 0 Å². The van der Waals surface area contributed by atoms with Gasteiger partial charge in [0.05, 0.1) is 6.26 Å². The molecule has 0 aromatic carbocycles. The first kappa shape index (κ1) is 7.69. The van der Waals surface area contributed by atoms with E-state index in [0.29, 0.717) is 0 Å². The highest BCUT2D eigenvalue weighted by Crippen LogP contribution is 1.80. The minimum absolute atomic E-state index is 0.465. The highest BCUT2D eigenvalue weighted by Gasteiger charge is 1.85. The van der Waals surface area contributed by atoms with Gasteiger partial charge in [-0.05, 0) is 6.08 Å². The third-order valence-electron chi connectivity index (χ3n) is 0.566. The summed E-state index contributed by atoms with van der Waals surface area (Å²) in [6.45, 7) is 6.58. The van der Waals surface area contributed by atoms with Gasteiger partial charge in [0, 0.05) is 6.08 Å². The summed E-state index contributed by atoms with van der Waals surface area (Å²) >= 11 is 0. The van der Waals surface area contributed by atoms with Crippen molar-refractivity contribution in [3.8, 4) is 0 Å². The topological polar surface area (TPSA) is 26.3 Å². The Kier molecular flexibility index (Phi) is 4.14. The van der Waals surface area contributed by atoms with Gasteiger partial charge in [0.1, 0.15) is 0 Å². The molecule has 0 spiro atoms. The number of ether oxygens (including phenoxy) is 1. The second-order valence-electron chi connectivity index (χ2n) is 1.21. The molecule has 0 saturated heterocycles. The van der Waals surface area contributed by atoms with Crippen LogP contribution in [0.4, 0.5) is 0 Å². The normalized spacial score (nSPS) is 8.89. The lowest BCUT2D eigenvalue weighted by Crippen LogP contribution is -1.91. The molecule has 0 aromatic heterocycles. The number of allylic oxidation sites excluding steroid dienone is 2. The molecule has 0 radical (unpaired) electrons. The second kappa shape index (κ2) is 4.84. The quantitative estimate of drug-likeness (QED) is 0.246. The molecule has 0 amide bonds. The fraction of sp³-hybridized carbons (Fsp3) is 0. The highest BCUT2D eigenvalue weighted by atomic mass is 16.5. The van der Waals surface area contributed by atoms with Crippen LogP contribution in [-0.2, 0) is 9.53 Å². The molecule has 9 heavy (non-hydrogen) atoms. The predicted molar refractivity (Wildman–Crippen MR) is 35.6 cm³/mol. The largest absolute Gasteiger partial charge is 0.431 e. The molecule has 0 heterocycles. The van der Waals surface area contributed by atoms with E-state index in [1.165, 1.54) is 18.4 Å². The first-order valence-corrected chi connectivity index (χ1v) is 2.42. The van der Waals surface area contributed by atoms with Crippen LogP contribution in [0, 0.1) is 0 Å². The first-order valence-electron chi connectivity index (χ1n) is 2.42. The number of rotatable bonds is 3. The number of hydrogen-bond donors (Lipinski definition) is 0. The standard InChI is InChI=1S/C7H8O2/c1-3-5-6-9-7(8)4-2/h3-6H,1-2H2/b6-5+. The van der Waals surface area contributed by atoms with Crippen molar-refractivity contribution in [3.05, 3.63) is 37.6 Å². The SMILES string of the molecule is C=C/C=C/OC(=O)C=C. The lowest BCUT2D eigenvalue weighted by Gasteiger charge is -1.87.